The molecule has 18 heavy (non-hydrogen) atoms. The molecule has 94 valence electrons. The van der Waals surface area contributed by atoms with Crippen molar-refractivity contribution in [3.05, 3.63) is 30.1 Å². The highest BCUT2D eigenvalue weighted by atomic mass is 16.2. The maximum absolute atomic E-state index is 12.3. The first kappa shape index (κ1) is 11.2. The van der Waals surface area contributed by atoms with Crippen LogP contribution in [0.5, 0.6) is 0 Å². The predicted molar refractivity (Wildman–Crippen MR) is 69.5 cm³/mol. The Kier molecular flexibility index (Phi) is 2.76. The fourth-order valence-electron chi connectivity index (χ4n) is 2.24. The number of nitrogens with one attached hydrogen (secondary N) is 1. The topological polar surface area (TPSA) is 52.2 Å². The standard InChI is InChI=1S/C13H16N4O/c1-16-4-6-17(7-5-16)13(18)10-8-12-11(15-9-10)2-3-14-12/h2-3,8-9,14H,4-7H2,1H3. The van der Waals surface area contributed by atoms with Crippen LogP contribution in [-0.4, -0.2) is 58.9 Å². The SMILES string of the molecule is CN1CCN(C(=O)c2cnc3cc[nH]c3c2)CC1. The second kappa shape index (κ2) is 4.42. The van der Waals surface area contributed by atoms with Crippen LogP contribution >= 0.6 is 0 Å². The number of pyridine rings is 1. The number of piperazine rings is 1. The molecule has 2 aromatic rings. The third-order valence-electron chi connectivity index (χ3n) is 3.44. The Morgan fingerprint density at radius 3 is 2.89 bits per heavy atom. The maximum Gasteiger partial charge on any atom is 0.255 e. The van der Waals surface area contributed by atoms with E-state index in [1.807, 2.05) is 23.2 Å². The summed E-state index contributed by atoms with van der Waals surface area (Å²) >= 11 is 0. The second-order valence-electron chi connectivity index (χ2n) is 4.73. The number of hydrogen-bond donors (Lipinski definition) is 1. The van der Waals surface area contributed by atoms with Crippen molar-refractivity contribution >= 4 is 16.9 Å². The highest BCUT2D eigenvalue weighted by molar-refractivity contribution is 5.96. The smallest absolute Gasteiger partial charge is 0.255 e. The van der Waals surface area contributed by atoms with Crippen LogP contribution in [0.4, 0.5) is 0 Å². The Hall–Kier alpha value is -1.88. The maximum atomic E-state index is 12.3. The van der Waals surface area contributed by atoms with Crippen LogP contribution in [0, 0.1) is 0 Å². The van der Waals surface area contributed by atoms with E-state index in [9.17, 15) is 4.79 Å². The first-order valence-electron chi connectivity index (χ1n) is 6.15. The minimum atomic E-state index is 0.0760. The molecule has 1 fully saturated rings. The third-order valence-corrected chi connectivity index (χ3v) is 3.44. The second-order valence-corrected chi connectivity index (χ2v) is 4.73. The fraction of sp³-hybridized carbons (Fsp3) is 0.385. The van der Waals surface area contributed by atoms with Gasteiger partial charge in [-0.05, 0) is 19.2 Å². The number of carbonyl (C=O) groups is 1. The summed E-state index contributed by atoms with van der Waals surface area (Å²) in [6.07, 6.45) is 3.50. The average molecular weight is 244 g/mol. The third kappa shape index (κ3) is 1.97. The lowest BCUT2D eigenvalue weighted by Crippen LogP contribution is -2.47. The number of H-pyrrole nitrogens is 1. The largest absolute Gasteiger partial charge is 0.360 e. The average Bonchev–Trinajstić information content (AvgIpc) is 2.86. The van der Waals surface area contributed by atoms with Crippen LogP contribution in [-0.2, 0) is 0 Å². The molecule has 5 nitrogen and oxygen atoms in total. The minimum absolute atomic E-state index is 0.0760. The van der Waals surface area contributed by atoms with Gasteiger partial charge in [0.15, 0.2) is 0 Å². The van der Waals surface area contributed by atoms with Gasteiger partial charge in [0.05, 0.1) is 16.6 Å². The number of nitrogens with zero attached hydrogens (tertiary/aromatic N) is 3. The van der Waals surface area contributed by atoms with Gasteiger partial charge >= 0.3 is 0 Å². The minimum Gasteiger partial charge on any atom is -0.360 e. The van der Waals surface area contributed by atoms with E-state index in [0.29, 0.717) is 5.56 Å². The van der Waals surface area contributed by atoms with Crippen molar-refractivity contribution in [2.24, 2.45) is 0 Å². The molecule has 0 radical (unpaired) electrons. The number of likely N-dealkylation sites (N-methyl/N-ethyl adjacent to an activating group) is 1. The molecule has 3 rings (SSSR count). The summed E-state index contributed by atoms with van der Waals surface area (Å²) in [4.78, 5) is 23.8. The summed E-state index contributed by atoms with van der Waals surface area (Å²) < 4.78 is 0. The van der Waals surface area contributed by atoms with Crippen LogP contribution in [0.3, 0.4) is 0 Å². The lowest BCUT2D eigenvalue weighted by Gasteiger charge is -2.32. The molecule has 0 saturated carbocycles. The van der Waals surface area contributed by atoms with Crippen molar-refractivity contribution in [2.75, 3.05) is 33.2 Å². The molecule has 1 aliphatic heterocycles. The first-order chi connectivity index (χ1) is 8.74. The number of carbonyl (C=O) groups excluding carboxylic acids is 1. The first-order valence-corrected chi connectivity index (χ1v) is 6.15. The Labute approximate surface area is 105 Å². The van der Waals surface area contributed by atoms with Gasteiger partial charge < -0.3 is 14.8 Å². The number of aromatic nitrogens is 2. The lowest BCUT2D eigenvalue weighted by atomic mass is 10.2. The number of rotatable bonds is 1. The number of fused-ring (bicyclic) bond motifs is 1. The number of hydrogen-bond acceptors (Lipinski definition) is 3. The molecule has 0 unspecified atom stereocenters. The van der Waals surface area contributed by atoms with Crippen molar-refractivity contribution in [1.82, 2.24) is 19.8 Å². The van der Waals surface area contributed by atoms with Crippen molar-refractivity contribution in [2.45, 2.75) is 0 Å². The Morgan fingerprint density at radius 1 is 1.33 bits per heavy atom. The fourth-order valence-corrected chi connectivity index (χ4v) is 2.24. The van der Waals surface area contributed by atoms with Gasteiger partial charge in [-0.3, -0.25) is 9.78 Å². The van der Waals surface area contributed by atoms with Crippen LogP contribution in [0.1, 0.15) is 10.4 Å². The molecule has 1 saturated heterocycles. The van der Waals surface area contributed by atoms with Gasteiger partial charge in [0.1, 0.15) is 0 Å². The zero-order valence-electron chi connectivity index (χ0n) is 10.4. The molecular weight excluding hydrogens is 228 g/mol. The van der Waals surface area contributed by atoms with Crippen molar-refractivity contribution in [1.29, 1.82) is 0 Å². The van der Waals surface area contributed by atoms with Crippen molar-refractivity contribution in [3.8, 4) is 0 Å². The summed E-state index contributed by atoms with van der Waals surface area (Å²) in [6.45, 7) is 3.45. The predicted octanol–water partition coefficient (Wildman–Crippen LogP) is 0.950. The van der Waals surface area contributed by atoms with Gasteiger partial charge in [0.25, 0.3) is 5.91 Å². The molecule has 0 aromatic carbocycles. The molecule has 0 atom stereocenters. The van der Waals surface area contributed by atoms with E-state index in [4.69, 9.17) is 0 Å². The monoisotopic (exact) mass is 244 g/mol. The Bertz CT molecular complexity index is 569. The van der Waals surface area contributed by atoms with Crippen LogP contribution in [0.25, 0.3) is 11.0 Å². The van der Waals surface area contributed by atoms with Gasteiger partial charge in [0, 0.05) is 38.6 Å². The molecule has 0 aliphatic carbocycles. The summed E-state index contributed by atoms with van der Waals surface area (Å²) in [5.74, 6) is 0.0760. The molecule has 3 heterocycles. The molecule has 0 bridgehead atoms. The van der Waals surface area contributed by atoms with Crippen molar-refractivity contribution in [3.63, 3.8) is 0 Å². The Morgan fingerprint density at radius 2 is 2.11 bits per heavy atom. The molecule has 1 N–H and O–H groups in total. The van der Waals surface area contributed by atoms with Gasteiger partial charge in [-0.15, -0.1) is 0 Å². The van der Waals surface area contributed by atoms with E-state index in [-0.39, 0.29) is 5.91 Å². The number of aromatic amines is 1. The summed E-state index contributed by atoms with van der Waals surface area (Å²) in [5.41, 5.74) is 2.47. The normalized spacial score (nSPS) is 17.3. The quantitative estimate of drug-likeness (QED) is 0.812. The van der Waals surface area contributed by atoms with Crippen molar-refractivity contribution < 1.29 is 4.79 Å². The summed E-state index contributed by atoms with van der Waals surface area (Å²) in [5, 5.41) is 0. The molecule has 2 aromatic heterocycles. The van der Waals surface area contributed by atoms with Gasteiger partial charge in [-0.1, -0.05) is 0 Å². The van der Waals surface area contributed by atoms with E-state index in [1.165, 1.54) is 0 Å². The lowest BCUT2D eigenvalue weighted by molar-refractivity contribution is 0.0664. The van der Waals surface area contributed by atoms with Gasteiger partial charge in [-0.2, -0.15) is 0 Å². The Balaban J connectivity index is 1.82. The van der Waals surface area contributed by atoms with Gasteiger partial charge in [0.2, 0.25) is 0 Å². The van der Waals surface area contributed by atoms with Crippen LogP contribution in [0.2, 0.25) is 0 Å². The van der Waals surface area contributed by atoms with E-state index >= 15 is 0 Å². The van der Waals surface area contributed by atoms with Crippen LogP contribution < -0.4 is 0 Å². The van der Waals surface area contributed by atoms with E-state index in [2.05, 4.69) is 21.9 Å². The number of amides is 1. The van der Waals surface area contributed by atoms with Gasteiger partial charge in [-0.25, -0.2) is 0 Å². The summed E-state index contributed by atoms with van der Waals surface area (Å²) in [6, 6.07) is 3.78. The van der Waals surface area contributed by atoms with Crippen LogP contribution in [0.15, 0.2) is 24.5 Å². The molecule has 1 amide bonds. The zero-order chi connectivity index (χ0) is 12.5. The van der Waals surface area contributed by atoms with E-state index in [1.54, 1.807) is 6.20 Å². The van der Waals surface area contributed by atoms with E-state index < -0.39 is 0 Å². The summed E-state index contributed by atoms with van der Waals surface area (Å²) in [7, 11) is 2.08. The molecule has 1 aliphatic rings. The highest BCUT2D eigenvalue weighted by Gasteiger charge is 2.20. The zero-order valence-corrected chi connectivity index (χ0v) is 10.4. The van der Waals surface area contributed by atoms with E-state index in [0.717, 1.165) is 37.2 Å². The molecule has 5 heteroatoms. The molecular formula is C13H16N4O. The molecule has 0 spiro atoms. The highest BCUT2D eigenvalue weighted by Crippen LogP contribution is 2.13.